The first-order valence-corrected chi connectivity index (χ1v) is 9.74. The maximum absolute atomic E-state index is 14.8. The summed E-state index contributed by atoms with van der Waals surface area (Å²) in [6.07, 6.45) is 0.882. The molecule has 1 aliphatic rings. The van der Waals surface area contributed by atoms with Crippen molar-refractivity contribution in [1.29, 1.82) is 0 Å². The van der Waals surface area contributed by atoms with Gasteiger partial charge in [-0.15, -0.1) is 0 Å². The van der Waals surface area contributed by atoms with Crippen molar-refractivity contribution < 1.29 is 18.7 Å². The summed E-state index contributed by atoms with van der Waals surface area (Å²) in [5, 5.41) is 16.7. The van der Waals surface area contributed by atoms with Crippen LogP contribution in [0.2, 0.25) is 0 Å². The molecular formula is C17H19BrFN7O3. The minimum Gasteiger partial charge on any atom is -0.441 e. The first-order chi connectivity index (χ1) is 13.9. The molecule has 29 heavy (non-hydrogen) atoms. The summed E-state index contributed by atoms with van der Waals surface area (Å²) < 4.78 is 27.8. The number of alkyl carbamates (subject to hydrolysis) is 1. The number of nitrogens with one attached hydrogen (secondary N) is 3. The molecule has 3 aromatic rings. The number of halogens is 2. The Labute approximate surface area is 173 Å². The van der Waals surface area contributed by atoms with Crippen LogP contribution in [0.5, 0.6) is 0 Å². The molecule has 0 radical (unpaired) electrons. The maximum Gasteiger partial charge on any atom is 0.407 e. The average molecular weight is 468 g/mol. The van der Waals surface area contributed by atoms with E-state index in [1.807, 2.05) is 0 Å². The molecule has 4 rings (SSSR count). The van der Waals surface area contributed by atoms with Gasteiger partial charge in [0.25, 0.3) is 0 Å². The van der Waals surface area contributed by atoms with Gasteiger partial charge in [0.05, 0.1) is 23.0 Å². The highest BCUT2D eigenvalue weighted by Crippen LogP contribution is 2.34. The molecule has 1 amide bonds. The molecular weight excluding hydrogens is 449 g/mol. The second-order valence-corrected chi connectivity index (χ2v) is 7.69. The number of hydrogen-bond acceptors (Lipinski definition) is 7. The lowest BCUT2D eigenvalue weighted by molar-refractivity contribution is 0.0615. The van der Waals surface area contributed by atoms with Crippen LogP contribution >= 0.6 is 15.9 Å². The van der Waals surface area contributed by atoms with E-state index in [2.05, 4.69) is 46.8 Å². The van der Waals surface area contributed by atoms with Gasteiger partial charge in [-0.1, -0.05) is 0 Å². The van der Waals surface area contributed by atoms with E-state index >= 15 is 0 Å². The lowest BCUT2D eigenvalue weighted by Crippen LogP contribution is -2.36. The van der Waals surface area contributed by atoms with Crippen molar-refractivity contribution in [2.24, 2.45) is 0 Å². The number of carbonyl (C=O) groups excluding carboxylic acids is 1. The number of aromatic nitrogens is 5. The summed E-state index contributed by atoms with van der Waals surface area (Å²) >= 11 is 3.43. The molecule has 3 aromatic heterocycles. The van der Waals surface area contributed by atoms with E-state index in [0.29, 0.717) is 17.3 Å². The predicted octanol–water partition coefficient (Wildman–Crippen LogP) is 2.87. The Bertz CT molecular complexity index is 1020. The van der Waals surface area contributed by atoms with Crippen molar-refractivity contribution in [2.75, 3.05) is 11.9 Å². The Morgan fingerprint density at radius 3 is 3.14 bits per heavy atom. The van der Waals surface area contributed by atoms with Gasteiger partial charge in [-0.05, 0) is 29.8 Å². The first-order valence-electron chi connectivity index (χ1n) is 8.95. The average Bonchev–Trinajstić information content (AvgIpc) is 3.36. The van der Waals surface area contributed by atoms with Gasteiger partial charge >= 0.3 is 6.09 Å². The van der Waals surface area contributed by atoms with E-state index in [1.54, 1.807) is 43.0 Å². The molecule has 0 saturated carbocycles. The summed E-state index contributed by atoms with van der Waals surface area (Å²) in [7, 11) is 0. The van der Waals surface area contributed by atoms with Gasteiger partial charge in [0, 0.05) is 24.5 Å². The van der Waals surface area contributed by atoms with E-state index in [1.165, 1.54) is 0 Å². The van der Waals surface area contributed by atoms with Crippen molar-refractivity contribution in [3.63, 3.8) is 0 Å². The van der Waals surface area contributed by atoms with Crippen LogP contribution in [-0.4, -0.2) is 55.8 Å². The van der Waals surface area contributed by atoms with Crippen LogP contribution in [0.15, 0.2) is 29.1 Å². The molecule has 1 aliphatic heterocycles. The molecule has 154 valence electrons. The van der Waals surface area contributed by atoms with Crippen LogP contribution in [0.25, 0.3) is 5.52 Å². The molecule has 3 N–H and O–H groups in total. The largest absolute Gasteiger partial charge is 0.441 e. The number of rotatable bonds is 5. The van der Waals surface area contributed by atoms with Crippen molar-refractivity contribution >= 4 is 39.2 Å². The lowest BCUT2D eigenvalue weighted by atomic mass is 10.1. The second kappa shape index (κ2) is 7.95. The van der Waals surface area contributed by atoms with Crippen molar-refractivity contribution in [3.8, 4) is 0 Å². The number of amides is 1. The van der Waals surface area contributed by atoms with Crippen LogP contribution in [0.4, 0.5) is 20.8 Å². The number of carbonyl (C=O) groups is 1. The van der Waals surface area contributed by atoms with Crippen LogP contribution in [0.1, 0.15) is 25.6 Å². The van der Waals surface area contributed by atoms with Crippen LogP contribution in [-0.2, 0) is 9.47 Å². The van der Waals surface area contributed by atoms with Gasteiger partial charge in [-0.25, -0.2) is 18.7 Å². The molecule has 10 nitrogen and oxygen atoms in total. The maximum atomic E-state index is 14.8. The predicted molar refractivity (Wildman–Crippen MR) is 105 cm³/mol. The van der Waals surface area contributed by atoms with E-state index < -0.39 is 24.5 Å². The molecule has 0 aromatic carbocycles. The molecule has 0 bridgehead atoms. The first kappa shape index (κ1) is 19.6. The number of nitrogens with zero attached hydrogens (tertiary/aromatic N) is 4. The number of anilines is 2. The zero-order valence-corrected chi connectivity index (χ0v) is 17.2. The number of ether oxygens (including phenoxy) is 2. The number of fused-ring (bicyclic) bond motifs is 1. The molecule has 0 aliphatic carbocycles. The van der Waals surface area contributed by atoms with Crippen LogP contribution in [0.3, 0.4) is 0 Å². The van der Waals surface area contributed by atoms with Gasteiger partial charge in [0.1, 0.15) is 11.6 Å². The van der Waals surface area contributed by atoms with Gasteiger partial charge in [-0.2, -0.15) is 10.2 Å². The number of alkyl halides is 1. The summed E-state index contributed by atoms with van der Waals surface area (Å²) in [6.45, 7) is 3.54. The standard InChI is InChI=1S/C17H19BrFN7O3/c1-8(2)22-17(27)29-11-7-28-15(13(11)19)10-5-12(25-24-10)23-16-14-9(18)6-21-26(14)4-3-20-16/h3-6,8,11,13,15H,7H2,1-2H3,(H,22,27)(H2,20,23,24,25)/t11?,13?,15-/m0/s1. The Balaban J connectivity index is 1.45. The highest BCUT2D eigenvalue weighted by Gasteiger charge is 2.42. The van der Waals surface area contributed by atoms with E-state index in [9.17, 15) is 9.18 Å². The fraction of sp³-hybridized carbons (Fsp3) is 0.412. The van der Waals surface area contributed by atoms with E-state index in [-0.39, 0.29) is 12.6 Å². The second-order valence-electron chi connectivity index (χ2n) is 6.84. The minimum absolute atomic E-state index is 0.0389. The van der Waals surface area contributed by atoms with Crippen LogP contribution < -0.4 is 10.6 Å². The van der Waals surface area contributed by atoms with Crippen molar-refractivity contribution in [1.82, 2.24) is 30.1 Å². The number of hydrogen-bond donors (Lipinski definition) is 3. The zero-order valence-electron chi connectivity index (χ0n) is 15.6. The van der Waals surface area contributed by atoms with E-state index in [0.717, 1.165) is 9.99 Å². The summed E-state index contributed by atoms with van der Waals surface area (Å²) in [5.41, 5.74) is 1.16. The van der Waals surface area contributed by atoms with Gasteiger partial charge in [-0.3, -0.25) is 5.10 Å². The minimum atomic E-state index is -1.52. The summed E-state index contributed by atoms with van der Waals surface area (Å²) in [6, 6.07) is 1.53. The fourth-order valence-corrected chi connectivity index (χ4v) is 3.47. The lowest BCUT2D eigenvalue weighted by Gasteiger charge is -2.16. The van der Waals surface area contributed by atoms with Crippen molar-refractivity contribution in [3.05, 3.63) is 34.8 Å². The van der Waals surface area contributed by atoms with Crippen molar-refractivity contribution in [2.45, 2.75) is 38.3 Å². The summed E-state index contributed by atoms with van der Waals surface area (Å²) in [4.78, 5) is 16.0. The molecule has 3 atom stereocenters. The SMILES string of the molecule is CC(C)NC(=O)OC1CO[C@@H](c2cc(Nc3nccn4ncc(Br)c34)n[nH]2)C1F. The molecule has 12 heteroatoms. The van der Waals surface area contributed by atoms with Gasteiger partial charge in [0.2, 0.25) is 0 Å². The monoisotopic (exact) mass is 467 g/mol. The third kappa shape index (κ3) is 4.03. The van der Waals surface area contributed by atoms with Crippen LogP contribution in [0, 0.1) is 0 Å². The third-order valence-electron chi connectivity index (χ3n) is 4.29. The smallest absolute Gasteiger partial charge is 0.407 e. The third-order valence-corrected chi connectivity index (χ3v) is 4.87. The number of aromatic amines is 1. The highest BCUT2D eigenvalue weighted by atomic mass is 79.9. The van der Waals surface area contributed by atoms with E-state index in [4.69, 9.17) is 9.47 Å². The summed E-state index contributed by atoms with van der Waals surface area (Å²) in [5.74, 6) is 0.969. The highest BCUT2D eigenvalue weighted by molar-refractivity contribution is 9.10. The Morgan fingerprint density at radius 1 is 1.52 bits per heavy atom. The fourth-order valence-electron chi connectivity index (χ4n) is 3.01. The molecule has 1 fully saturated rings. The normalized spacial score (nSPS) is 21.6. The Kier molecular flexibility index (Phi) is 5.37. The number of H-pyrrole nitrogens is 1. The molecule has 0 spiro atoms. The molecule has 1 saturated heterocycles. The van der Waals surface area contributed by atoms with Gasteiger partial charge in [0.15, 0.2) is 23.9 Å². The molecule has 2 unspecified atom stereocenters. The Morgan fingerprint density at radius 2 is 2.34 bits per heavy atom. The Hall–Kier alpha value is -2.73. The topological polar surface area (TPSA) is 118 Å². The quantitative estimate of drug-likeness (QED) is 0.527. The zero-order chi connectivity index (χ0) is 20.5. The molecule has 4 heterocycles. The van der Waals surface area contributed by atoms with Gasteiger partial charge < -0.3 is 20.1 Å².